The van der Waals surface area contributed by atoms with Crippen molar-refractivity contribution in [2.45, 2.75) is 31.2 Å². The van der Waals surface area contributed by atoms with Crippen LogP contribution in [0, 0.1) is 0 Å². The van der Waals surface area contributed by atoms with Gasteiger partial charge in [-0.25, -0.2) is 7.91 Å². The number of benzene rings is 2. The molecular weight excluding hydrogens is 539 g/mol. The van der Waals surface area contributed by atoms with E-state index >= 15 is 0 Å². The van der Waals surface area contributed by atoms with Gasteiger partial charge in [-0.15, -0.1) is 0 Å². The first kappa shape index (κ1) is 22.1. The number of anilines is 1. The second kappa shape index (κ2) is 9.34. The van der Waals surface area contributed by atoms with Gasteiger partial charge in [0.15, 0.2) is 0 Å². The van der Waals surface area contributed by atoms with Gasteiger partial charge in [0.2, 0.25) is 0 Å². The molecule has 6 rings (SSSR count). The van der Waals surface area contributed by atoms with Crippen LogP contribution in [0.4, 0.5) is 10.5 Å². The lowest BCUT2D eigenvalue weighted by Crippen LogP contribution is -2.42. The largest absolute Gasteiger partial charge is 0.449 e. The highest BCUT2D eigenvalue weighted by atomic mass is 127. The minimum Gasteiger partial charge on any atom is -0.449 e. The van der Waals surface area contributed by atoms with Crippen molar-refractivity contribution in [2.75, 3.05) is 44.2 Å². The molecule has 2 saturated heterocycles. The Morgan fingerprint density at radius 2 is 1.91 bits per heavy atom. The van der Waals surface area contributed by atoms with Gasteiger partial charge >= 0.3 is 6.09 Å². The fourth-order valence-corrected chi connectivity index (χ4v) is 6.17. The number of fused-ring (bicyclic) bond motifs is 6. The third-order valence-corrected chi connectivity index (χ3v) is 8.54. The molecule has 2 bridgehead atoms. The van der Waals surface area contributed by atoms with Crippen LogP contribution in [0.15, 0.2) is 54.7 Å². The van der Waals surface area contributed by atoms with E-state index in [2.05, 4.69) is 72.3 Å². The van der Waals surface area contributed by atoms with Gasteiger partial charge in [-0.2, -0.15) is 0 Å². The summed E-state index contributed by atoms with van der Waals surface area (Å²) in [6.07, 6.45) is 4.38. The molecule has 0 radical (unpaired) electrons. The number of ether oxygens (including phenoxy) is 1. The SMILES string of the molecule is O=C(OCCc1ccc2ncccc2c1)N1CCC2CC1c1cc(N3CCN(I)CC3)ccc12. The third-order valence-electron chi connectivity index (χ3n) is 7.58. The number of hydrogen-bond acceptors (Lipinski definition) is 5. The van der Waals surface area contributed by atoms with E-state index in [4.69, 9.17) is 4.74 Å². The summed E-state index contributed by atoms with van der Waals surface area (Å²) in [5.74, 6) is 0.565. The molecule has 34 heavy (non-hydrogen) atoms. The highest BCUT2D eigenvalue weighted by molar-refractivity contribution is 14.1. The van der Waals surface area contributed by atoms with Gasteiger partial charge < -0.3 is 14.5 Å². The molecule has 7 heteroatoms. The molecular formula is C27H29IN4O2. The second-order valence-corrected chi connectivity index (χ2v) is 10.9. The van der Waals surface area contributed by atoms with Crippen molar-refractivity contribution in [2.24, 2.45) is 0 Å². The number of likely N-dealkylation sites (tertiary alicyclic amines) is 1. The lowest BCUT2D eigenvalue weighted by molar-refractivity contribution is 0.0753. The van der Waals surface area contributed by atoms with Crippen molar-refractivity contribution >= 4 is 45.5 Å². The van der Waals surface area contributed by atoms with E-state index in [9.17, 15) is 4.79 Å². The Balaban J connectivity index is 1.12. The summed E-state index contributed by atoms with van der Waals surface area (Å²) in [4.78, 5) is 21.9. The lowest BCUT2D eigenvalue weighted by Gasteiger charge is -2.34. The predicted octanol–water partition coefficient (Wildman–Crippen LogP) is 5.32. The van der Waals surface area contributed by atoms with Crippen LogP contribution in [-0.4, -0.2) is 58.4 Å². The molecule has 3 heterocycles. The van der Waals surface area contributed by atoms with E-state index < -0.39 is 0 Å². The fourth-order valence-electron chi connectivity index (χ4n) is 5.74. The molecule has 1 aliphatic carbocycles. The molecule has 0 spiro atoms. The third kappa shape index (κ3) is 4.24. The van der Waals surface area contributed by atoms with Gasteiger partial charge in [-0.1, -0.05) is 18.2 Å². The first-order valence-corrected chi connectivity index (χ1v) is 13.2. The Morgan fingerprint density at radius 3 is 2.79 bits per heavy atom. The minimum absolute atomic E-state index is 0.138. The van der Waals surface area contributed by atoms with E-state index in [1.807, 2.05) is 23.2 Å². The molecule has 2 fully saturated rings. The topological polar surface area (TPSA) is 48.9 Å². The van der Waals surface area contributed by atoms with Crippen molar-refractivity contribution in [3.05, 3.63) is 71.4 Å². The van der Waals surface area contributed by atoms with E-state index in [0.717, 1.165) is 62.0 Å². The summed E-state index contributed by atoms with van der Waals surface area (Å²) in [5, 5.41) is 1.12. The number of carbonyl (C=O) groups is 1. The molecule has 176 valence electrons. The number of aromatic nitrogens is 1. The zero-order chi connectivity index (χ0) is 23.1. The molecule has 3 aliphatic rings. The summed E-state index contributed by atoms with van der Waals surface area (Å²) < 4.78 is 8.12. The van der Waals surface area contributed by atoms with E-state index in [-0.39, 0.29) is 12.1 Å². The van der Waals surface area contributed by atoms with Crippen LogP contribution in [0.2, 0.25) is 0 Å². The van der Waals surface area contributed by atoms with Crippen LogP contribution in [0.3, 0.4) is 0 Å². The van der Waals surface area contributed by atoms with Crippen molar-refractivity contribution in [1.29, 1.82) is 0 Å². The molecule has 0 N–H and O–H groups in total. The highest BCUT2D eigenvalue weighted by Gasteiger charge is 2.41. The van der Waals surface area contributed by atoms with Gasteiger partial charge in [0.25, 0.3) is 0 Å². The van der Waals surface area contributed by atoms with Gasteiger partial charge in [0.05, 0.1) is 18.2 Å². The maximum Gasteiger partial charge on any atom is 0.410 e. The van der Waals surface area contributed by atoms with Crippen LogP contribution in [0.1, 0.15) is 41.5 Å². The highest BCUT2D eigenvalue weighted by Crippen LogP contribution is 2.50. The predicted molar refractivity (Wildman–Crippen MR) is 142 cm³/mol. The number of rotatable bonds is 4. The number of hydrogen-bond donors (Lipinski definition) is 0. The maximum absolute atomic E-state index is 13.1. The summed E-state index contributed by atoms with van der Waals surface area (Å²) in [5.41, 5.74) is 6.20. The van der Waals surface area contributed by atoms with E-state index in [1.54, 1.807) is 0 Å². The molecule has 2 unspecified atom stereocenters. The average molecular weight is 568 g/mol. The summed E-state index contributed by atoms with van der Waals surface area (Å²) >= 11 is 2.41. The molecule has 2 aromatic carbocycles. The van der Waals surface area contributed by atoms with Crippen molar-refractivity contribution in [3.8, 4) is 0 Å². The number of amides is 1. The molecule has 6 nitrogen and oxygen atoms in total. The smallest absolute Gasteiger partial charge is 0.410 e. The van der Waals surface area contributed by atoms with Crippen molar-refractivity contribution in [1.82, 2.24) is 13.0 Å². The first-order valence-electron chi connectivity index (χ1n) is 12.2. The normalized spacial score (nSPS) is 22.1. The number of pyridine rings is 1. The summed E-state index contributed by atoms with van der Waals surface area (Å²) in [6, 6.07) is 17.3. The van der Waals surface area contributed by atoms with Gasteiger partial charge in [0.1, 0.15) is 0 Å². The first-order chi connectivity index (χ1) is 16.7. The maximum atomic E-state index is 13.1. The summed E-state index contributed by atoms with van der Waals surface area (Å²) in [6.45, 7) is 5.42. The molecule has 1 aromatic heterocycles. The Labute approximate surface area is 214 Å². The van der Waals surface area contributed by atoms with Crippen LogP contribution in [-0.2, 0) is 11.2 Å². The van der Waals surface area contributed by atoms with Crippen molar-refractivity contribution < 1.29 is 9.53 Å². The lowest BCUT2D eigenvalue weighted by atomic mass is 9.96. The average Bonchev–Trinajstić information content (AvgIpc) is 3.15. The van der Waals surface area contributed by atoms with E-state index in [1.165, 1.54) is 16.8 Å². The Bertz CT molecular complexity index is 1210. The Kier molecular flexibility index (Phi) is 6.07. The van der Waals surface area contributed by atoms with Crippen molar-refractivity contribution in [3.63, 3.8) is 0 Å². The zero-order valence-electron chi connectivity index (χ0n) is 19.2. The minimum atomic E-state index is -0.178. The van der Waals surface area contributed by atoms with Crippen LogP contribution < -0.4 is 4.90 Å². The number of piperazine rings is 1. The molecule has 0 saturated carbocycles. The number of halogens is 1. The number of carbonyl (C=O) groups excluding carboxylic acids is 1. The Morgan fingerprint density at radius 1 is 1.03 bits per heavy atom. The second-order valence-electron chi connectivity index (χ2n) is 9.54. The fraction of sp³-hybridized carbons (Fsp3) is 0.407. The molecule has 2 aliphatic heterocycles. The number of piperidine rings is 1. The standard InChI is InChI=1S/C27H29IN4O2/c28-31-13-11-30(12-14-31)22-4-5-23-20-7-10-32(26(17-20)24(23)18-22)27(33)34-15-8-19-3-6-25-21(16-19)2-1-9-29-25/h1-6,9,16,18,20,26H,7-8,10-15,17H2. The monoisotopic (exact) mass is 568 g/mol. The van der Waals surface area contributed by atoms with Gasteiger partial charge in [-0.3, -0.25) is 4.98 Å². The molecule has 1 amide bonds. The van der Waals surface area contributed by atoms with Crippen LogP contribution in [0.5, 0.6) is 0 Å². The zero-order valence-corrected chi connectivity index (χ0v) is 21.4. The Hall–Kier alpha value is -2.39. The summed E-state index contributed by atoms with van der Waals surface area (Å²) in [7, 11) is 0. The van der Waals surface area contributed by atoms with Gasteiger partial charge in [0, 0.05) is 79.3 Å². The van der Waals surface area contributed by atoms with Gasteiger partial charge in [-0.05, 0) is 65.8 Å². The van der Waals surface area contributed by atoms with Crippen LogP contribution >= 0.6 is 22.9 Å². The van der Waals surface area contributed by atoms with Crippen LogP contribution in [0.25, 0.3) is 10.9 Å². The quantitative estimate of drug-likeness (QED) is 0.315. The number of nitrogens with zero attached hydrogens (tertiary/aromatic N) is 4. The van der Waals surface area contributed by atoms with E-state index in [0.29, 0.717) is 18.9 Å². The molecule has 3 aromatic rings. The molecule has 2 atom stereocenters.